The third-order valence-electron chi connectivity index (χ3n) is 2.42. The molecule has 0 spiro atoms. The summed E-state index contributed by atoms with van der Waals surface area (Å²) in [7, 11) is 2.70. The smallest absolute Gasteiger partial charge is 0.265 e. The molecular weight excluding hydrogens is 227 g/mol. The van der Waals surface area contributed by atoms with Crippen LogP contribution in [0.3, 0.4) is 0 Å². The molecule has 1 aromatic rings. The lowest BCUT2D eigenvalue weighted by atomic mass is 10.0. The quantitative estimate of drug-likeness (QED) is 0.740. The van der Waals surface area contributed by atoms with Gasteiger partial charge in [-0.3, -0.25) is 9.63 Å². The normalized spacial score (nSPS) is 14.2. The summed E-state index contributed by atoms with van der Waals surface area (Å²) in [6, 6.07) is 3.97. The van der Waals surface area contributed by atoms with Crippen molar-refractivity contribution in [2.24, 2.45) is 5.73 Å². The van der Waals surface area contributed by atoms with Crippen molar-refractivity contribution < 1.29 is 19.1 Å². The summed E-state index contributed by atoms with van der Waals surface area (Å²) in [6.45, 7) is 0. The van der Waals surface area contributed by atoms with Gasteiger partial charge in [-0.2, -0.15) is 0 Å². The topological polar surface area (TPSA) is 75.8 Å². The van der Waals surface area contributed by atoms with E-state index in [1.807, 2.05) is 0 Å². The fraction of sp³-hybridized carbons (Fsp3) is 0.364. The van der Waals surface area contributed by atoms with Crippen LogP contribution < -0.4 is 5.73 Å². The first-order chi connectivity index (χ1) is 7.97. The van der Waals surface area contributed by atoms with E-state index in [0.29, 0.717) is 5.56 Å². The van der Waals surface area contributed by atoms with Gasteiger partial charge in [0.1, 0.15) is 18.0 Å². The van der Waals surface area contributed by atoms with Crippen LogP contribution in [0.2, 0.25) is 0 Å². The van der Waals surface area contributed by atoms with E-state index in [-0.39, 0.29) is 0 Å². The highest BCUT2D eigenvalue weighted by Gasteiger charge is 2.26. The van der Waals surface area contributed by atoms with Crippen molar-refractivity contribution in [3.63, 3.8) is 0 Å². The number of benzene rings is 1. The van der Waals surface area contributed by atoms with Crippen molar-refractivity contribution in [2.45, 2.75) is 12.1 Å². The molecule has 2 atom stereocenters. The number of halogens is 1. The van der Waals surface area contributed by atoms with Crippen LogP contribution in [0.25, 0.3) is 0 Å². The molecule has 2 unspecified atom stereocenters. The number of hydroxylamine groups is 2. The number of hydrogen-bond acceptors (Lipinski definition) is 4. The fourth-order valence-electron chi connectivity index (χ4n) is 1.30. The summed E-state index contributed by atoms with van der Waals surface area (Å²) < 4.78 is 12.7. The zero-order valence-corrected chi connectivity index (χ0v) is 9.63. The Morgan fingerprint density at radius 1 is 1.47 bits per heavy atom. The Hall–Kier alpha value is -1.50. The van der Waals surface area contributed by atoms with Gasteiger partial charge in [0, 0.05) is 7.05 Å². The zero-order valence-electron chi connectivity index (χ0n) is 9.63. The van der Waals surface area contributed by atoms with Crippen molar-refractivity contribution in [3.8, 4) is 0 Å². The average molecular weight is 242 g/mol. The molecule has 0 radical (unpaired) electrons. The molecule has 0 heterocycles. The Labute approximate surface area is 98.5 Å². The second kappa shape index (κ2) is 5.72. The largest absolute Gasteiger partial charge is 0.386 e. The maximum atomic E-state index is 12.7. The lowest BCUT2D eigenvalue weighted by Crippen LogP contribution is -2.45. The number of likely N-dealkylation sites (N-methyl/N-ethyl adjacent to an activating group) is 1. The molecule has 1 amide bonds. The average Bonchev–Trinajstić information content (AvgIpc) is 2.36. The molecule has 0 saturated carbocycles. The van der Waals surface area contributed by atoms with Crippen LogP contribution in [0, 0.1) is 5.82 Å². The maximum absolute atomic E-state index is 12.7. The predicted octanol–water partition coefficient (Wildman–Crippen LogP) is 0.206. The number of nitrogens with zero attached hydrogens (tertiary/aromatic N) is 1. The van der Waals surface area contributed by atoms with Crippen molar-refractivity contribution in [1.82, 2.24) is 5.06 Å². The molecule has 6 heteroatoms. The molecule has 0 saturated heterocycles. The van der Waals surface area contributed by atoms with Crippen molar-refractivity contribution >= 4 is 5.91 Å². The maximum Gasteiger partial charge on any atom is 0.265 e. The van der Waals surface area contributed by atoms with Crippen LogP contribution >= 0.6 is 0 Å². The number of hydrogen-bond donors (Lipinski definition) is 2. The Morgan fingerprint density at radius 2 is 2.00 bits per heavy atom. The first kappa shape index (κ1) is 13.6. The number of carbonyl (C=O) groups excluding carboxylic acids is 1. The lowest BCUT2D eigenvalue weighted by Gasteiger charge is -2.22. The molecule has 0 fully saturated rings. The van der Waals surface area contributed by atoms with E-state index in [4.69, 9.17) is 5.73 Å². The number of nitrogens with two attached hydrogens (primary N) is 1. The van der Waals surface area contributed by atoms with Crippen LogP contribution in [0.15, 0.2) is 24.3 Å². The molecule has 5 nitrogen and oxygen atoms in total. The van der Waals surface area contributed by atoms with Crippen LogP contribution in [0.1, 0.15) is 11.7 Å². The van der Waals surface area contributed by atoms with E-state index in [2.05, 4.69) is 4.84 Å². The minimum Gasteiger partial charge on any atom is -0.386 e. The van der Waals surface area contributed by atoms with E-state index < -0.39 is 23.9 Å². The molecule has 17 heavy (non-hydrogen) atoms. The van der Waals surface area contributed by atoms with Crippen molar-refractivity contribution in [1.29, 1.82) is 0 Å². The summed E-state index contributed by atoms with van der Waals surface area (Å²) >= 11 is 0. The molecule has 1 aromatic carbocycles. The molecule has 94 valence electrons. The highest BCUT2D eigenvalue weighted by atomic mass is 19.1. The lowest BCUT2D eigenvalue weighted by molar-refractivity contribution is -0.172. The third-order valence-corrected chi connectivity index (χ3v) is 2.42. The summed E-state index contributed by atoms with van der Waals surface area (Å²) in [5.41, 5.74) is 5.96. The molecule has 0 aromatic heterocycles. The Kier molecular flexibility index (Phi) is 4.56. The van der Waals surface area contributed by atoms with Crippen molar-refractivity contribution in [2.75, 3.05) is 14.2 Å². The van der Waals surface area contributed by atoms with E-state index in [9.17, 15) is 14.3 Å². The number of aliphatic hydroxyl groups excluding tert-OH is 1. The zero-order chi connectivity index (χ0) is 13.0. The van der Waals surface area contributed by atoms with Crippen molar-refractivity contribution in [3.05, 3.63) is 35.6 Å². The minimum atomic E-state index is -1.21. The van der Waals surface area contributed by atoms with Gasteiger partial charge in [0.25, 0.3) is 5.91 Å². The van der Waals surface area contributed by atoms with E-state index >= 15 is 0 Å². The van der Waals surface area contributed by atoms with E-state index in [0.717, 1.165) is 5.06 Å². The monoisotopic (exact) mass is 242 g/mol. The summed E-state index contributed by atoms with van der Waals surface area (Å²) in [4.78, 5) is 16.3. The third kappa shape index (κ3) is 3.23. The number of amides is 1. The molecular formula is C11H15FN2O3. The van der Waals surface area contributed by atoms with Gasteiger partial charge in [0.2, 0.25) is 0 Å². The molecule has 0 bridgehead atoms. The highest BCUT2D eigenvalue weighted by Crippen LogP contribution is 2.17. The first-order valence-electron chi connectivity index (χ1n) is 4.98. The molecule has 0 aliphatic carbocycles. The summed E-state index contributed by atoms with van der Waals surface area (Å²) in [6.07, 6.45) is -1.21. The molecule has 1 rings (SSSR count). The Balaban J connectivity index is 2.79. The van der Waals surface area contributed by atoms with E-state index in [1.165, 1.54) is 38.4 Å². The first-order valence-corrected chi connectivity index (χ1v) is 4.98. The SMILES string of the molecule is CON(C)C(=O)C(N)C(O)c1ccc(F)cc1. The standard InChI is InChI=1S/C11H15FN2O3/c1-14(17-2)11(16)9(13)10(15)7-3-5-8(12)6-4-7/h3-6,9-10,15H,13H2,1-2H3. The fourth-order valence-corrected chi connectivity index (χ4v) is 1.30. The summed E-state index contributed by atoms with van der Waals surface area (Å²) in [5.74, 6) is -0.987. The van der Waals surface area contributed by atoms with Gasteiger partial charge in [-0.1, -0.05) is 12.1 Å². The van der Waals surface area contributed by atoms with Gasteiger partial charge in [-0.05, 0) is 17.7 Å². The van der Waals surface area contributed by atoms with Gasteiger partial charge < -0.3 is 10.8 Å². The van der Waals surface area contributed by atoms with Gasteiger partial charge in [-0.25, -0.2) is 9.45 Å². The second-order valence-electron chi connectivity index (χ2n) is 3.54. The van der Waals surface area contributed by atoms with Crippen LogP contribution in [0.4, 0.5) is 4.39 Å². The van der Waals surface area contributed by atoms with E-state index in [1.54, 1.807) is 0 Å². The molecule has 3 N–H and O–H groups in total. The van der Waals surface area contributed by atoms with Crippen LogP contribution in [-0.2, 0) is 9.63 Å². The van der Waals surface area contributed by atoms with Gasteiger partial charge >= 0.3 is 0 Å². The second-order valence-corrected chi connectivity index (χ2v) is 3.54. The number of carbonyl (C=O) groups is 1. The summed E-state index contributed by atoms with van der Waals surface area (Å²) in [5, 5.41) is 10.8. The molecule has 0 aliphatic heterocycles. The highest BCUT2D eigenvalue weighted by molar-refractivity contribution is 5.81. The minimum absolute atomic E-state index is 0.372. The Bertz CT molecular complexity index is 383. The molecule has 0 aliphatic rings. The van der Waals surface area contributed by atoms with Crippen LogP contribution in [-0.4, -0.2) is 36.3 Å². The van der Waals surface area contributed by atoms with Gasteiger partial charge in [0.05, 0.1) is 7.11 Å². The number of rotatable bonds is 4. The number of aliphatic hydroxyl groups is 1. The predicted molar refractivity (Wildman–Crippen MR) is 59.1 cm³/mol. The van der Waals surface area contributed by atoms with Gasteiger partial charge in [0.15, 0.2) is 0 Å². The van der Waals surface area contributed by atoms with Gasteiger partial charge in [-0.15, -0.1) is 0 Å². The van der Waals surface area contributed by atoms with Crippen LogP contribution in [0.5, 0.6) is 0 Å². The Morgan fingerprint density at radius 3 is 2.47 bits per heavy atom.